The lowest BCUT2D eigenvalue weighted by Gasteiger charge is -2.26. The summed E-state index contributed by atoms with van der Waals surface area (Å²) in [6.07, 6.45) is 2.37. The first kappa shape index (κ1) is 17.1. The standard InChI is InChI=1S/C18H20N2O3S2/c21-7-14-8-24-10-20(14)18(23)15-17(25-9-19-15)16(22)13-5-11-3-1-2-4-12(11)6-13/h1-4,7,13-15,17,19H,5-6,8-10H2/t14-,15+,17?/m1/s1. The maximum atomic E-state index is 13.1. The molecule has 1 aromatic rings. The van der Waals surface area contributed by atoms with Crippen LogP contribution in [0.3, 0.4) is 0 Å². The summed E-state index contributed by atoms with van der Waals surface area (Å²) in [5.74, 6) is 1.78. The smallest absolute Gasteiger partial charge is 0.242 e. The molecular weight excluding hydrogens is 356 g/mol. The Hall–Kier alpha value is -1.31. The van der Waals surface area contributed by atoms with E-state index in [-0.39, 0.29) is 28.9 Å². The molecule has 2 heterocycles. The van der Waals surface area contributed by atoms with Gasteiger partial charge in [0.1, 0.15) is 12.3 Å². The highest BCUT2D eigenvalue weighted by atomic mass is 32.2. The van der Waals surface area contributed by atoms with Gasteiger partial charge in [-0.2, -0.15) is 0 Å². The Labute approximate surface area is 155 Å². The lowest BCUT2D eigenvalue weighted by molar-refractivity contribution is -0.137. The molecule has 4 rings (SSSR count). The van der Waals surface area contributed by atoms with Crippen molar-refractivity contribution in [3.8, 4) is 0 Å². The van der Waals surface area contributed by atoms with Gasteiger partial charge in [0.05, 0.1) is 17.2 Å². The molecule has 1 amide bonds. The average molecular weight is 377 g/mol. The van der Waals surface area contributed by atoms with Crippen molar-refractivity contribution in [3.63, 3.8) is 0 Å². The van der Waals surface area contributed by atoms with E-state index in [1.165, 1.54) is 22.9 Å². The predicted octanol–water partition coefficient (Wildman–Crippen LogP) is 1.10. The number of hydrogen-bond acceptors (Lipinski definition) is 6. The second kappa shape index (κ2) is 7.13. The lowest BCUT2D eigenvalue weighted by atomic mass is 9.94. The van der Waals surface area contributed by atoms with Gasteiger partial charge < -0.3 is 9.69 Å². The number of thioether (sulfide) groups is 2. The summed E-state index contributed by atoms with van der Waals surface area (Å²) in [6, 6.07) is 7.31. The van der Waals surface area contributed by atoms with Crippen molar-refractivity contribution >= 4 is 41.5 Å². The summed E-state index contributed by atoms with van der Waals surface area (Å²) in [5, 5.41) is 2.82. The van der Waals surface area contributed by atoms with Crippen LogP contribution in [0, 0.1) is 5.92 Å². The van der Waals surface area contributed by atoms with Gasteiger partial charge in [-0.3, -0.25) is 14.9 Å². The summed E-state index contributed by atoms with van der Waals surface area (Å²) < 4.78 is 0. The Morgan fingerprint density at radius 1 is 1.20 bits per heavy atom. The molecule has 0 aromatic heterocycles. The number of fused-ring (bicyclic) bond motifs is 1. The van der Waals surface area contributed by atoms with Crippen LogP contribution < -0.4 is 5.32 Å². The molecular formula is C18H20N2O3S2. The van der Waals surface area contributed by atoms with E-state index < -0.39 is 6.04 Å². The highest BCUT2D eigenvalue weighted by Gasteiger charge is 2.45. The molecule has 1 aromatic carbocycles. The number of amides is 1. The number of rotatable bonds is 4. The van der Waals surface area contributed by atoms with Gasteiger partial charge >= 0.3 is 0 Å². The molecule has 7 heteroatoms. The van der Waals surface area contributed by atoms with E-state index in [1.807, 2.05) is 12.1 Å². The molecule has 0 radical (unpaired) electrons. The molecule has 25 heavy (non-hydrogen) atoms. The summed E-state index contributed by atoms with van der Waals surface area (Å²) in [6.45, 7) is 0. The van der Waals surface area contributed by atoms with E-state index in [0.717, 1.165) is 19.1 Å². The third-order valence-corrected chi connectivity index (χ3v) is 7.46. The van der Waals surface area contributed by atoms with Crippen LogP contribution in [0.5, 0.6) is 0 Å². The SMILES string of the molecule is O=C[C@@H]1CSCN1C(=O)[C@H]1NCSC1C(=O)C1Cc2ccccc2C1. The average Bonchev–Trinajstić information content (AvgIpc) is 3.38. The predicted molar refractivity (Wildman–Crippen MR) is 99.5 cm³/mol. The monoisotopic (exact) mass is 376 g/mol. The fraction of sp³-hybridized carbons (Fsp3) is 0.500. The number of carbonyl (C=O) groups excluding carboxylic acids is 3. The van der Waals surface area contributed by atoms with E-state index in [1.54, 1.807) is 16.7 Å². The Bertz CT molecular complexity index is 686. The van der Waals surface area contributed by atoms with Crippen LogP contribution in [0.4, 0.5) is 0 Å². The van der Waals surface area contributed by atoms with Crippen molar-refractivity contribution in [2.75, 3.05) is 17.5 Å². The maximum Gasteiger partial charge on any atom is 0.242 e. The second-order valence-corrected chi connectivity index (χ2v) is 8.83. The molecule has 3 atom stereocenters. The molecule has 0 saturated carbocycles. The van der Waals surface area contributed by atoms with E-state index in [4.69, 9.17) is 0 Å². The van der Waals surface area contributed by atoms with E-state index in [0.29, 0.717) is 17.5 Å². The first-order valence-corrected chi connectivity index (χ1v) is 10.7. The first-order chi connectivity index (χ1) is 12.2. The Morgan fingerprint density at radius 3 is 2.60 bits per heavy atom. The van der Waals surface area contributed by atoms with Gasteiger partial charge in [0.25, 0.3) is 0 Å². The van der Waals surface area contributed by atoms with Gasteiger partial charge in [-0.25, -0.2) is 0 Å². The fourth-order valence-electron chi connectivity index (χ4n) is 3.86. The van der Waals surface area contributed by atoms with Crippen LogP contribution >= 0.6 is 23.5 Å². The lowest BCUT2D eigenvalue weighted by Crippen LogP contribution is -2.52. The fourth-order valence-corrected chi connectivity index (χ4v) is 6.20. The zero-order valence-corrected chi connectivity index (χ0v) is 15.4. The molecule has 2 aliphatic heterocycles. The molecule has 1 aliphatic carbocycles. The first-order valence-electron chi connectivity index (χ1n) is 8.48. The number of benzene rings is 1. The normalized spacial score (nSPS) is 29.0. The molecule has 2 fully saturated rings. The van der Waals surface area contributed by atoms with Gasteiger partial charge in [-0.1, -0.05) is 24.3 Å². The Balaban J connectivity index is 1.47. The summed E-state index contributed by atoms with van der Waals surface area (Å²) in [4.78, 5) is 38.8. The number of hydrogen-bond donors (Lipinski definition) is 1. The molecule has 5 nitrogen and oxygen atoms in total. The van der Waals surface area contributed by atoms with Gasteiger partial charge in [0.2, 0.25) is 5.91 Å². The zero-order valence-electron chi connectivity index (χ0n) is 13.7. The number of nitrogens with zero attached hydrogens (tertiary/aromatic N) is 1. The van der Waals surface area contributed by atoms with Crippen molar-refractivity contribution < 1.29 is 14.4 Å². The third-order valence-electron chi connectivity index (χ3n) is 5.23. The third kappa shape index (κ3) is 3.13. The number of carbonyl (C=O) groups is 3. The highest BCUT2D eigenvalue weighted by Crippen LogP contribution is 2.34. The molecule has 0 spiro atoms. The Morgan fingerprint density at radius 2 is 1.92 bits per heavy atom. The molecule has 2 saturated heterocycles. The minimum Gasteiger partial charge on any atom is -0.321 e. The van der Waals surface area contributed by atoms with Gasteiger partial charge in [0, 0.05) is 17.5 Å². The number of Topliss-reactive ketones (excluding diaryl/α,β-unsaturated/α-hetero) is 1. The summed E-state index contributed by atoms with van der Waals surface area (Å²) in [7, 11) is 0. The van der Waals surface area contributed by atoms with Gasteiger partial charge in [-0.05, 0) is 24.0 Å². The van der Waals surface area contributed by atoms with Crippen molar-refractivity contribution in [3.05, 3.63) is 35.4 Å². The van der Waals surface area contributed by atoms with Crippen molar-refractivity contribution in [1.29, 1.82) is 0 Å². The largest absolute Gasteiger partial charge is 0.321 e. The van der Waals surface area contributed by atoms with Crippen LogP contribution in [-0.4, -0.2) is 57.7 Å². The number of aldehydes is 1. The number of ketones is 1. The zero-order chi connectivity index (χ0) is 17.4. The highest BCUT2D eigenvalue weighted by molar-refractivity contribution is 8.01. The molecule has 132 valence electrons. The summed E-state index contributed by atoms with van der Waals surface area (Å²) >= 11 is 3.10. The van der Waals surface area contributed by atoms with Crippen LogP contribution in [0.2, 0.25) is 0 Å². The maximum absolute atomic E-state index is 13.1. The quantitative estimate of drug-likeness (QED) is 0.794. The van der Waals surface area contributed by atoms with Crippen molar-refractivity contribution in [2.45, 2.75) is 30.2 Å². The molecule has 3 aliphatic rings. The van der Waals surface area contributed by atoms with Crippen LogP contribution in [0.1, 0.15) is 11.1 Å². The molecule has 1 N–H and O–H groups in total. The minimum atomic E-state index is -0.512. The topological polar surface area (TPSA) is 66.5 Å². The van der Waals surface area contributed by atoms with Crippen molar-refractivity contribution in [1.82, 2.24) is 10.2 Å². The second-order valence-electron chi connectivity index (χ2n) is 6.70. The van der Waals surface area contributed by atoms with Crippen LogP contribution in [0.25, 0.3) is 0 Å². The van der Waals surface area contributed by atoms with Crippen molar-refractivity contribution in [2.24, 2.45) is 5.92 Å². The van der Waals surface area contributed by atoms with E-state index in [9.17, 15) is 14.4 Å². The van der Waals surface area contributed by atoms with E-state index >= 15 is 0 Å². The molecule has 0 bridgehead atoms. The van der Waals surface area contributed by atoms with Crippen LogP contribution in [0.15, 0.2) is 24.3 Å². The summed E-state index contributed by atoms with van der Waals surface area (Å²) in [5.41, 5.74) is 2.49. The molecule has 1 unspecified atom stereocenters. The van der Waals surface area contributed by atoms with Crippen LogP contribution in [-0.2, 0) is 27.2 Å². The Kier molecular flexibility index (Phi) is 4.88. The van der Waals surface area contributed by atoms with Gasteiger partial charge in [-0.15, -0.1) is 23.5 Å². The minimum absolute atomic E-state index is 0.0417. The van der Waals surface area contributed by atoms with E-state index in [2.05, 4.69) is 17.4 Å². The van der Waals surface area contributed by atoms with Gasteiger partial charge in [0.15, 0.2) is 5.78 Å². The number of nitrogens with one attached hydrogen (secondary N) is 1.